The SMILES string of the molecule is CC(=O)N[C@@H]1CCC[C@](C)(C(=O)Nc2cc3c(NC(C)C)nc(C=O)cc3cn2)C1C. The van der Waals surface area contributed by atoms with Crippen LogP contribution < -0.4 is 16.0 Å². The van der Waals surface area contributed by atoms with E-state index in [0.29, 0.717) is 23.6 Å². The number of aldehydes is 1. The fourth-order valence-corrected chi connectivity index (χ4v) is 4.33. The molecule has 3 N–H and O–H groups in total. The molecule has 0 radical (unpaired) electrons. The fraction of sp³-hybridized carbons (Fsp3) is 0.522. The van der Waals surface area contributed by atoms with E-state index in [1.165, 1.54) is 6.92 Å². The van der Waals surface area contributed by atoms with E-state index in [0.717, 1.165) is 30.0 Å². The second-order valence-corrected chi connectivity index (χ2v) is 8.96. The van der Waals surface area contributed by atoms with Crippen molar-refractivity contribution in [1.82, 2.24) is 15.3 Å². The summed E-state index contributed by atoms with van der Waals surface area (Å²) in [6.45, 7) is 9.45. The number of nitrogens with zero attached hydrogens (tertiary/aromatic N) is 2. The third-order valence-corrected chi connectivity index (χ3v) is 6.25. The van der Waals surface area contributed by atoms with Crippen molar-refractivity contribution in [3.63, 3.8) is 0 Å². The van der Waals surface area contributed by atoms with Crippen molar-refractivity contribution in [1.29, 1.82) is 0 Å². The molecule has 1 fully saturated rings. The number of hydrogen-bond acceptors (Lipinski definition) is 6. The summed E-state index contributed by atoms with van der Waals surface area (Å²) in [6, 6.07) is 3.55. The average molecular weight is 426 g/mol. The Hall–Kier alpha value is -3.03. The predicted molar refractivity (Wildman–Crippen MR) is 121 cm³/mol. The maximum Gasteiger partial charge on any atom is 0.231 e. The van der Waals surface area contributed by atoms with E-state index in [2.05, 4.69) is 25.9 Å². The van der Waals surface area contributed by atoms with Gasteiger partial charge in [-0.2, -0.15) is 0 Å². The molecule has 8 heteroatoms. The van der Waals surface area contributed by atoms with Crippen molar-refractivity contribution in [2.45, 2.75) is 66.0 Å². The Balaban J connectivity index is 1.89. The Morgan fingerprint density at radius 3 is 2.68 bits per heavy atom. The second kappa shape index (κ2) is 8.99. The van der Waals surface area contributed by atoms with Crippen LogP contribution in [-0.4, -0.2) is 40.2 Å². The molecule has 1 aliphatic rings. The van der Waals surface area contributed by atoms with Crippen molar-refractivity contribution < 1.29 is 14.4 Å². The first-order valence-electron chi connectivity index (χ1n) is 10.7. The first-order valence-corrected chi connectivity index (χ1v) is 10.7. The van der Waals surface area contributed by atoms with Crippen LogP contribution in [0.15, 0.2) is 18.3 Å². The molecule has 0 aliphatic heterocycles. The standard InChI is InChI=1S/C23H31N5O3/c1-13(2)25-21-18-10-20(24-11-16(18)9-17(12-29)27-21)28-22(31)23(5)8-6-7-19(14(23)3)26-15(4)30/h9-14,19H,6-8H2,1-5H3,(H,25,27)(H,26,30)(H,24,28,31)/t14?,19-,23+/m1/s1. The highest BCUT2D eigenvalue weighted by Crippen LogP contribution is 2.42. The number of amides is 2. The minimum Gasteiger partial charge on any atom is -0.367 e. The van der Waals surface area contributed by atoms with E-state index in [4.69, 9.17) is 0 Å². The number of anilines is 2. The average Bonchev–Trinajstić information content (AvgIpc) is 2.70. The summed E-state index contributed by atoms with van der Waals surface area (Å²) in [5, 5.41) is 10.8. The molecule has 3 rings (SSSR count). The number of pyridine rings is 2. The van der Waals surface area contributed by atoms with Gasteiger partial charge in [-0.1, -0.05) is 20.3 Å². The highest BCUT2D eigenvalue weighted by atomic mass is 16.2. The third-order valence-electron chi connectivity index (χ3n) is 6.25. The minimum atomic E-state index is -0.624. The molecule has 0 aromatic carbocycles. The molecule has 2 aromatic heterocycles. The Morgan fingerprint density at radius 1 is 1.29 bits per heavy atom. The lowest BCUT2D eigenvalue weighted by Crippen LogP contribution is -2.52. The summed E-state index contributed by atoms with van der Waals surface area (Å²) < 4.78 is 0. The highest BCUT2D eigenvalue weighted by molar-refractivity contribution is 5.99. The molecule has 0 spiro atoms. The zero-order valence-corrected chi connectivity index (χ0v) is 18.8. The molecule has 2 amide bonds. The predicted octanol–water partition coefficient (Wildman–Crippen LogP) is 3.53. The van der Waals surface area contributed by atoms with Crippen LogP contribution in [0.25, 0.3) is 10.8 Å². The van der Waals surface area contributed by atoms with Crippen LogP contribution in [0.2, 0.25) is 0 Å². The molecule has 2 aromatic rings. The molecule has 1 unspecified atom stereocenters. The lowest BCUT2D eigenvalue weighted by molar-refractivity contribution is -0.132. The summed E-state index contributed by atoms with van der Waals surface area (Å²) in [7, 11) is 0. The molecular weight excluding hydrogens is 394 g/mol. The van der Waals surface area contributed by atoms with E-state index >= 15 is 0 Å². The van der Waals surface area contributed by atoms with E-state index in [1.54, 1.807) is 18.3 Å². The molecule has 2 heterocycles. The zero-order chi connectivity index (χ0) is 22.8. The molecular formula is C23H31N5O3. The Labute approximate surface area is 182 Å². The molecule has 8 nitrogen and oxygen atoms in total. The molecule has 0 bridgehead atoms. The van der Waals surface area contributed by atoms with Gasteiger partial charge in [0.1, 0.15) is 17.3 Å². The number of rotatable bonds is 6. The lowest BCUT2D eigenvalue weighted by atomic mass is 9.65. The van der Waals surface area contributed by atoms with Crippen LogP contribution in [0.5, 0.6) is 0 Å². The fourth-order valence-electron chi connectivity index (χ4n) is 4.33. The van der Waals surface area contributed by atoms with Gasteiger partial charge in [-0.15, -0.1) is 0 Å². The van der Waals surface area contributed by atoms with Crippen molar-refractivity contribution in [3.05, 3.63) is 24.0 Å². The van der Waals surface area contributed by atoms with E-state index < -0.39 is 5.41 Å². The highest BCUT2D eigenvalue weighted by Gasteiger charge is 2.45. The maximum atomic E-state index is 13.3. The number of nitrogens with one attached hydrogen (secondary N) is 3. The minimum absolute atomic E-state index is 0.0133. The van der Waals surface area contributed by atoms with Crippen LogP contribution in [0.3, 0.4) is 0 Å². The number of carbonyl (C=O) groups excluding carboxylic acids is 3. The molecule has 1 aliphatic carbocycles. The number of aromatic nitrogens is 2. The van der Waals surface area contributed by atoms with Gasteiger partial charge >= 0.3 is 0 Å². The summed E-state index contributed by atoms with van der Waals surface area (Å²) >= 11 is 0. The number of carbonyl (C=O) groups is 3. The Morgan fingerprint density at radius 2 is 2.03 bits per heavy atom. The van der Waals surface area contributed by atoms with Gasteiger partial charge in [0, 0.05) is 36.0 Å². The first-order chi connectivity index (χ1) is 14.6. The van der Waals surface area contributed by atoms with Crippen LogP contribution in [0.4, 0.5) is 11.6 Å². The largest absolute Gasteiger partial charge is 0.367 e. The van der Waals surface area contributed by atoms with E-state index in [-0.39, 0.29) is 29.8 Å². The van der Waals surface area contributed by atoms with Gasteiger partial charge in [0.25, 0.3) is 0 Å². The molecule has 1 saturated carbocycles. The lowest BCUT2D eigenvalue weighted by Gasteiger charge is -2.43. The number of fused-ring (bicyclic) bond motifs is 1. The molecule has 0 saturated heterocycles. The van der Waals surface area contributed by atoms with Gasteiger partial charge < -0.3 is 16.0 Å². The maximum absolute atomic E-state index is 13.3. The first kappa shape index (κ1) is 22.7. The van der Waals surface area contributed by atoms with Gasteiger partial charge in [-0.25, -0.2) is 9.97 Å². The monoisotopic (exact) mass is 425 g/mol. The van der Waals surface area contributed by atoms with Crippen molar-refractivity contribution >= 4 is 40.5 Å². The molecule has 166 valence electrons. The smallest absolute Gasteiger partial charge is 0.231 e. The summed E-state index contributed by atoms with van der Waals surface area (Å²) in [4.78, 5) is 44.8. The van der Waals surface area contributed by atoms with Crippen molar-refractivity contribution in [3.8, 4) is 0 Å². The van der Waals surface area contributed by atoms with E-state index in [9.17, 15) is 14.4 Å². The molecule has 3 atom stereocenters. The van der Waals surface area contributed by atoms with Crippen LogP contribution in [0.1, 0.15) is 64.4 Å². The van der Waals surface area contributed by atoms with E-state index in [1.807, 2.05) is 27.7 Å². The van der Waals surface area contributed by atoms with Gasteiger partial charge in [0.2, 0.25) is 11.8 Å². The summed E-state index contributed by atoms with van der Waals surface area (Å²) in [5.41, 5.74) is -0.303. The van der Waals surface area contributed by atoms with Crippen molar-refractivity contribution in [2.24, 2.45) is 11.3 Å². The normalized spacial score (nSPS) is 23.4. The van der Waals surface area contributed by atoms with Gasteiger partial charge in [-0.3, -0.25) is 14.4 Å². The van der Waals surface area contributed by atoms with Gasteiger partial charge in [-0.05, 0) is 44.7 Å². The zero-order valence-electron chi connectivity index (χ0n) is 18.8. The van der Waals surface area contributed by atoms with Crippen LogP contribution in [0, 0.1) is 11.3 Å². The van der Waals surface area contributed by atoms with Gasteiger partial charge in [0.05, 0.1) is 5.41 Å². The van der Waals surface area contributed by atoms with Crippen molar-refractivity contribution in [2.75, 3.05) is 10.6 Å². The summed E-state index contributed by atoms with van der Waals surface area (Å²) in [5.74, 6) is 0.805. The molecule has 31 heavy (non-hydrogen) atoms. The number of hydrogen-bond donors (Lipinski definition) is 3. The van der Waals surface area contributed by atoms with Crippen LogP contribution >= 0.6 is 0 Å². The third kappa shape index (κ3) is 4.84. The Kier molecular flexibility index (Phi) is 6.57. The second-order valence-electron chi connectivity index (χ2n) is 8.96. The summed E-state index contributed by atoms with van der Waals surface area (Å²) in [6.07, 6.45) is 4.82. The Bertz CT molecular complexity index is 1010. The van der Waals surface area contributed by atoms with Crippen LogP contribution in [-0.2, 0) is 9.59 Å². The quantitative estimate of drug-likeness (QED) is 0.610. The topological polar surface area (TPSA) is 113 Å². The van der Waals surface area contributed by atoms with Gasteiger partial charge in [0.15, 0.2) is 6.29 Å².